The minimum absolute atomic E-state index is 0.00398. The number of hydrogen-bond acceptors (Lipinski definition) is 5. The smallest absolute Gasteiger partial charge is 0.336 e. The summed E-state index contributed by atoms with van der Waals surface area (Å²) in [7, 11) is -2.66. The fourth-order valence-corrected chi connectivity index (χ4v) is 4.24. The average molecular weight is 402 g/mol. The fourth-order valence-electron chi connectivity index (χ4n) is 1.35. The molecule has 0 saturated heterocycles. The summed E-state index contributed by atoms with van der Waals surface area (Å²) < 4.78 is 31.9. The molecule has 2 aromatic rings. The molecule has 0 unspecified atom stereocenters. The highest BCUT2D eigenvalue weighted by atomic mass is 79.9. The predicted octanol–water partition coefficient (Wildman–Crippen LogP) is 2.68. The van der Waals surface area contributed by atoms with Gasteiger partial charge in [0, 0.05) is 4.47 Å². The highest BCUT2D eigenvalue weighted by Crippen LogP contribution is 2.33. The number of sulfonamides is 1. The largest absolute Gasteiger partial charge is 0.466 e. The molecule has 0 atom stereocenters. The molecule has 0 aliphatic heterocycles. The van der Waals surface area contributed by atoms with Gasteiger partial charge in [0.2, 0.25) is 5.95 Å². The molecule has 1 heterocycles. The van der Waals surface area contributed by atoms with Crippen molar-refractivity contribution in [2.75, 3.05) is 11.8 Å². The molecule has 0 fully saturated rings. The van der Waals surface area contributed by atoms with E-state index in [1.54, 1.807) is 0 Å². The van der Waals surface area contributed by atoms with E-state index in [9.17, 15) is 8.42 Å². The van der Waals surface area contributed by atoms with Crippen LogP contribution in [0.2, 0.25) is 10.0 Å². The lowest BCUT2D eigenvalue weighted by Gasteiger charge is -2.09. The summed E-state index contributed by atoms with van der Waals surface area (Å²) in [5, 5.41) is 5.92. The Bertz CT molecular complexity index is 726. The van der Waals surface area contributed by atoms with Gasteiger partial charge in [-0.05, 0) is 12.1 Å². The zero-order valence-corrected chi connectivity index (χ0v) is 13.7. The number of aromatic nitrogens is 3. The molecular formula is C9H7BrCl2N4O3S. The molecule has 0 aliphatic carbocycles. The maximum absolute atomic E-state index is 12.2. The van der Waals surface area contributed by atoms with E-state index in [4.69, 9.17) is 27.9 Å². The number of ether oxygens (including phenoxy) is 1. The van der Waals surface area contributed by atoms with Gasteiger partial charge in [0.1, 0.15) is 4.90 Å². The molecule has 7 nitrogen and oxygen atoms in total. The van der Waals surface area contributed by atoms with Gasteiger partial charge < -0.3 is 4.74 Å². The van der Waals surface area contributed by atoms with Gasteiger partial charge in [-0.15, -0.1) is 5.10 Å². The van der Waals surface area contributed by atoms with Crippen LogP contribution >= 0.6 is 39.1 Å². The number of benzene rings is 1. The summed E-state index contributed by atoms with van der Waals surface area (Å²) >= 11 is 15.0. The molecule has 0 aliphatic rings. The molecule has 0 spiro atoms. The molecule has 108 valence electrons. The third-order valence-corrected chi connectivity index (χ3v) is 4.83. The van der Waals surface area contributed by atoms with Crippen LogP contribution in [0, 0.1) is 0 Å². The van der Waals surface area contributed by atoms with Gasteiger partial charge in [0.25, 0.3) is 10.0 Å². The van der Waals surface area contributed by atoms with Gasteiger partial charge in [0.15, 0.2) is 0 Å². The Morgan fingerprint density at radius 3 is 2.45 bits per heavy atom. The molecule has 0 amide bonds. The number of halogens is 3. The number of anilines is 1. The fraction of sp³-hybridized carbons (Fsp3) is 0.111. The van der Waals surface area contributed by atoms with E-state index >= 15 is 0 Å². The van der Waals surface area contributed by atoms with Gasteiger partial charge >= 0.3 is 6.01 Å². The molecule has 2 N–H and O–H groups in total. The van der Waals surface area contributed by atoms with Crippen molar-refractivity contribution in [2.45, 2.75) is 4.90 Å². The Balaban J connectivity index is 2.40. The van der Waals surface area contributed by atoms with Gasteiger partial charge in [-0.2, -0.15) is 4.98 Å². The van der Waals surface area contributed by atoms with Crippen LogP contribution in [-0.4, -0.2) is 30.7 Å². The van der Waals surface area contributed by atoms with Gasteiger partial charge in [-0.3, -0.25) is 0 Å². The first-order valence-corrected chi connectivity index (χ1v) is 8.00. The van der Waals surface area contributed by atoms with E-state index in [1.165, 1.54) is 19.2 Å². The average Bonchev–Trinajstić information content (AvgIpc) is 2.73. The topological polar surface area (TPSA) is 97.0 Å². The van der Waals surface area contributed by atoms with Crippen molar-refractivity contribution in [3.05, 3.63) is 26.7 Å². The van der Waals surface area contributed by atoms with Crippen molar-refractivity contribution < 1.29 is 13.2 Å². The molecule has 2 rings (SSSR count). The lowest BCUT2D eigenvalue weighted by atomic mass is 10.4. The molecule has 20 heavy (non-hydrogen) atoms. The zero-order valence-electron chi connectivity index (χ0n) is 9.82. The normalized spacial score (nSPS) is 11.4. The van der Waals surface area contributed by atoms with E-state index in [2.05, 4.69) is 35.8 Å². The summed E-state index contributed by atoms with van der Waals surface area (Å²) in [5.41, 5.74) is 0. The van der Waals surface area contributed by atoms with Crippen LogP contribution in [0.5, 0.6) is 6.01 Å². The van der Waals surface area contributed by atoms with Crippen molar-refractivity contribution in [1.82, 2.24) is 15.2 Å². The van der Waals surface area contributed by atoms with E-state index in [1.807, 2.05) is 0 Å². The maximum Gasteiger partial charge on any atom is 0.336 e. The first-order valence-electron chi connectivity index (χ1n) is 4.97. The lowest BCUT2D eigenvalue weighted by Crippen LogP contribution is -2.15. The number of methoxy groups -OCH3 is 1. The van der Waals surface area contributed by atoms with Crippen molar-refractivity contribution in [2.24, 2.45) is 0 Å². The monoisotopic (exact) mass is 400 g/mol. The van der Waals surface area contributed by atoms with Crippen molar-refractivity contribution in [3.8, 4) is 6.01 Å². The van der Waals surface area contributed by atoms with Crippen LogP contribution in [0.1, 0.15) is 0 Å². The Morgan fingerprint density at radius 2 is 1.95 bits per heavy atom. The van der Waals surface area contributed by atoms with E-state index in [0.29, 0.717) is 4.47 Å². The quantitative estimate of drug-likeness (QED) is 0.820. The maximum atomic E-state index is 12.2. The van der Waals surface area contributed by atoms with Gasteiger partial charge in [-0.1, -0.05) is 39.1 Å². The SMILES string of the molecule is COc1n[nH]c(NS(=O)(=O)c2c(Cl)cc(Br)cc2Cl)n1. The predicted molar refractivity (Wildman–Crippen MR) is 77.9 cm³/mol. The second-order valence-electron chi connectivity index (χ2n) is 3.47. The molecule has 1 aromatic heterocycles. The first-order chi connectivity index (χ1) is 9.33. The van der Waals surface area contributed by atoms with Gasteiger partial charge in [0.05, 0.1) is 17.2 Å². The third-order valence-electron chi connectivity index (χ3n) is 2.11. The number of aromatic amines is 1. The van der Waals surface area contributed by atoms with E-state index in [0.717, 1.165) is 0 Å². The molecule has 0 bridgehead atoms. The summed E-state index contributed by atoms with van der Waals surface area (Å²) in [5.74, 6) is -0.114. The number of hydrogen-bond donors (Lipinski definition) is 2. The number of H-pyrrole nitrogens is 1. The van der Waals surface area contributed by atoms with Crippen LogP contribution in [-0.2, 0) is 10.0 Å². The summed E-state index contributed by atoms with van der Waals surface area (Å²) in [6, 6.07) is 2.84. The number of rotatable bonds is 4. The second-order valence-corrected chi connectivity index (χ2v) is 6.82. The lowest BCUT2D eigenvalue weighted by molar-refractivity contribution is 0.382. The second kappa shape index (κ2) is 5.76. The van der Waals surface area contributed by atoms with Crippen molar-refractivity contribution >= 4 is 55.1 Å². The number of nitrogens with one attached hydrogen (secondary N) is 2. The summed E-state index contributed by atoms with van der Waals surface area (Å²) in [6.07, 6.45) is 0. The van der Waals surface area contributed by atoms with Crippen molar-refractivity contribution in [1.29, 1.82) is 0 Å². The summed E-state index contributed by atoms with van der Waals surface area (Å²) in [6.45, 7) is 0. The highest BCUT2D eigenvalue weighted by molar-refractivity contribution is 9.10. The van der Waals surface area contributed by atoms with E-state index < -0.39 is 10.0 Å². The standard InChI is InChI=1S/C9H7BrCl2N4O3S/c1-19-9-13-8(14-15-9)16-20(17,18)7-5(11)2-4(10)3-6(7)12/h2-3H,1H3,(H2,13,14,15,16). The molecule has 11 heteroatoms. The molecule has 1 aromatic carbocycles. The van der Waals surface area contributed by atoms with Crippen LogP contribution < -0.4 is 9.46 Å². The molecular weight excluding hydrogens is 395 g/mol. The van der Waals surface area contributed by atoms with Crippen LogP contribution in [0.15, 0.2) is 21.5 Å². The minimum atomic E-state index is -4.01. The summed E-state index contributed by atoms with van der Waals surface area (Å²) in [4.78, 5) is 3.49. The first kappa shape index (κ1) is 15.4. The Labute approximate surface area is 132 Å². The van der Waals surface area contributed by atoms with Crippen molar-refractivity contribution in [3.63, 3.8) is 0 Å². The molecule has 0 radical (unpaired) electrons. The van der Waals surface area contributed by atoms with E-state index in [-0.39, 0.29) is 26.9 Å². The number of nitrogens with zero attached hydrogens (tertiary/aromatic N) is 2. The van der Waals surface area contributed by atoms with Crippen LogP contribution in [0.25, 0.3) is 0 Å². The minimum Gasteiger partial charge on any atom is -0.466 e. The Hall–Kier alpha value is -1.03. The Kier molecular flexibility index (Phi) is 4.43. The van der Waals surface area contributed by atoms with Crippen LogP contribution in [0.3, 0.4) is 0 Å². The highest BCUT2D eigenvalue weighted by Gasteiger charge is 2.24. The molecule has 0 saturated carbocycles. The zero-order chi connectivity index (χ0) is 14.9. The third kappa shape index (κ3) is 3.17. The van der Waals surface area contributed by atoms with Crippen LogP contribution in [0.4, 0.5) is 5.95 Å². The van der Waals surface area contributed by atoms with Gasteiger partial charge in [-0.25, -0.2) is 18.2 Å². The Morgan fingerprint density at radius 1 is 1.35 bits per heavy atom.